The zero-order chi connectivity index (χ0) is 9.90. The first-order chi connectivity index (χ1) is 6.09. The van der Waals surface area contributed by atoms with Crippen molar-refractivity contribution in [2.75, 3.05) is 6.54 Å². The van der Waals surface area contributed by atoms with E-state index >= 15 is 0 Å². The molecule has 0 radical (unpaired) electrons. The van der Waals surface area contributed by atoms with E-state index in [0.717, 1.165) is 0 Å². The van der Waals surface area contributed by atoms with E-state index < -0.39 is 11.9 Å². The van der Waals surface area contributed by atoms with E-state index in [1.165, 1.54) is 0 Å². The molecule has 0 N–H and O–H groups in total. The highest BCUT2D eigenvalue weighted by Gasteiger charge is 2.39. The standard InChI is InChI=1S/C8H11N3O2/c1-4-6-7(5-10-11-9)13-8(2,3)12-6/h1,6-7H,5H2,2-3H3/t6-,7+/m1/s1. The number of hydrogen-bond acceptors (Lipinski definition) is 3. The first kappa shape index (κ1) is 9.87. The third kappa shape index (κ3) is 2.36. The predicted octanol–water partition coefficient (Wildman–Crippen LogP) is 1.45. The highest BCUT2D eigenvalue weighted by Crippen LogP contribution is 2.27. The molecule has 2 atom stereocenters. The van der Waals surface area contributed by atoms with Crippen molar-refractivity contribution in [2.24, 2.45) is 5.11 Å². The molecule has 0 spiro atoms. The van der Waals surface area contributed by atoms with Crippen molar-refractivity contribution in [3.63, 3.8) is 0 Å². The highest BCUT2D eigenvalue weighted by molar-refractivity contribution is 5.03. The number of nitrogens with zero attached hydrogens (tertiary/aromatic N) is 3. The van der Waals surface area contributed by atoms with Crippen molar-refractivity contribution in [2.45, 2.75) is 31.8 Å². The SMILES string of the molecule is C#C[C@H]1OC(C)(C)O[C@H]1CN=[N+]=[N-]. The molecule has 0 aliphatic carbocycles. The summed E-state index contributed by atoms with van der Waals surface area (Å²) in [6.45, 7) is 3.75. The van der Waals surface area contributed by atoms with Crippen LogP contribution in [0.5, 0.6) is 0 Å². The van der Waals surface area contributed by atoms with E-state index in [1.54, 1.807) is 13.8 Å². The van der Waals surface area contributed by atoms with Crippen LogP contribution in [0.25, 0.3) is 10.4 Å². The summed E-state index contributed by atoms with van der Waals surface area (Å²) >= 11 is 0. The van der Waals surface area contributed by atoms with Crippen LogP contribution in [0.4, 0.5) is 0 Å². The molecule has 5 nitrogen and oxygen atoms in total. The molecule has 1 fully saturated rings. The molecule has 1 heterocycles. The van der Waals surface area contributed by atoms with Crippen molar-refractivity contribution in [3.05, 3.63) is 10.4 Å². The summed E-state index contributed by atoms with van der Waals surface area (Å²) in [5.41, 5.74) is 8.13. The summed E-state index contributed by atoms with van der Waals surface area (Å²) in [6, 6.07) is 0. The van der Waals surface area contributed by atoms with Gasteiger partial charge in [-0.1, -0.05) is 11.0 Å². The topological polar surface area (TPSA) is 67.2 Å². The molecule has 1 aliphatic heterocycles. The van der Waals surface area contributed by atoms with Crippen LogP contribution in [-0.2, 0) is 9.47 Å². The Hall–Kier alpha value is -1.21. The zero-order valence-electron chi connectivity index (χ0n) is 7.60. The van der Waals surface area contributed by atoms with Crippen LogP contribution in [0.1, 0.15) is 13.8 Å². The van der Waals surface area contributed by atoms with Crippen LogP contribution in [0.3, 0.4) is 0 Å². The molecule has 0 unspecified atom stereocenters. The Balaban J connectivity index is 2.64. The van der Waals surface area contributed by atoms with Gasteiger partial charge in [0.05, 0.1) is 6.54 Å². The van der Waals surface area contributed by atoms with Crippen LogP contribution in [0, 0.1) is 12.3 Å². The predicted molar refractivity (Wildman–Crippen MR) is 46.7 cm³/mol. The van der Waals surface area contributed by atoms with Gasteiger partial charge in [-0.2, -0.15) is 0 Å². The fraction of sp³-hybridized carbons (Fsp3) is 0.750. The van der Waals surface area contributed by atoms with Gasteiger partial charge in [0.2, 0.25) is 0 Å². The van der Waals surface area contributed by atoms with Crippen LogP contribution < -0.4 is 0 Å². The van der Waals surface area contributed by atoms with E-state index in [2.05, 4.69) is 15.9 Å². The van der Waals surface area contributed by atoms with Gasteiger partial charge in [0.1, 0.15) is 12.2 Å². The number of hydrogen-bond donors (Lipinski definition) is 0. The summed E-state index contributed by atoms with van der Waals surface area (Å²) in [4.78, 5) is 2.64. The summed E-state index contributed by atoms with van der Waals surface area (Å²) in [7, 11) is 0. The van der Waals surface area contributed by atoms with Gasteiger partial charge in [-0.3, -0.25) is 0 Å². The van der Waals surface area contributed by atoms with Crippen LogP contribution in [0.15, 0.2) is 5.11 Å². The third-order valence-corrected chi connectivity index (χ3v) is 1.67. The van der Waals surface area contributed by atoms with Gasteiger partial charge in [0.25, 0.3) is 0 Å². The third-order valence-electron chi connectivity index (χ3n) is 1.67. The summed E-state index contributed by atoms with van der Waals surface area (Å²) in [5.74, 6) is 1.76. The molecule has 0 saturated carbocycles. The maximum Gasteiger partial charge on any atom is 0.165 e. The monoisotopic (exact) mass is 181 g/mol. The molecular formula is C8H11N3O2. The average Bonchev–Trinajstić information content (AvgIpc) is 2.37. The van der Waals surface area contributed by atoms with E-state index in [-0.39, 0.29) is 12.6 Å². The molecule has 1 aliphatic rings. The van der Waals surface area contributed by atoms with Crippen molar-refractivity contribution in [3.8, 4) is 12.3 Å². The lowest BCUT2D eigenvalue weighted by atomic mass is 10.2. The molecule has 70 valence electrons. The van der Waals surface area contributed by atoms with Gasteiger partial charge < -0.3 is 9.47 Å². The average molecular weight is 181 g/mol. The molecule has 0 bridgehead atoms. The van der Waals surface area contributed by atoms with E-state index in [9.17, 15) is 0 Å². The lowest BCUT2D eigenvalue weighted by molar-refractivity contribution is -0.141. The smallest absolute Gasteiger partial charge is 0.165 e. The number of terminal acetylenes is 1. The van der Waals surface area contributed by atoms with Crippen LogP contribution >= 0.6 is 0 Å². The summed E-state index contributed by atoms with van der Waals surface area (Å²) < 4.78 is 10.8. The fourth-order valence-electron chi connectivity index (χ4n) is 1.23. The van der Waals surface area contributed by atoms with Crippen molar-refractivity contribution in [1.82, 2.24) is 0 Å². The number of ether oxygens (including phenoxy) is 2. The second kappa shape index (κ2) is 3.67. The van der Waals surface area contributed by atoms with Crippen molar-refractivity contribution in [1.29, 1.82) is 0 Å². The van der Waals surface area contributed by atoms with Crippen LogP contribution in [0.2, 0.25) is 0 Å². The lowest BCUT2D eigenvalue weighted by Gasteiger charge is -2.15. The molecule has 5 heteroatoms. The van der Waals surface area contributed by atoms with Crippen LogP contribution in [-0.4, -0.2) is 24.5 Å². The molecule has 0 aromatic heterocycles. The number of rotatable bonds is 2. The van der Waals surface area contributed by atoms with Gasteiger partial charge in [-0.05, 0) is 19.4 Å². The summed E-state index contributed by atoms with van der Waals surface area (Å²) in [6.07, 6.45) is 4.46. The molecule has 0 aromatic carbocycles. The Bertz CT molecular complexity index is 276. The first-order valence-corrected chi connectivity index (χ1v) is 3.91. The minimum absolute atomic E-state index is 0.203. The quantitative estimate of drug-likeness (QED) is 0.280. The van der Waals surface area contributed by atoms with Gasteiger partial charge in [0.15, 0.2) is 5.79 Å². The maximum absolute atomic E-state index is 8.13. The number of azide groups is 1. The van der Waals surface area contributed by atoms with E-state index in [0.29, 0.717) is 0 Å². The minimum atomic E-state index is -0.688. The zero-order valence-corrected chi connectivity index (χ0v) is 7.60. The largest absolute Gasteiger partial charge is 0.343 e. The Morgan fingerprint density at radius 3 is 2.85 bits per heavy atom. The molecule has 13 heavy (non-hydrogen) atoms. The van der Waals surface area contributed by atoms with Crippen molar-refractivity contribution >= 4 is 0 Å². The van der Waals surface area contributed by atoms with Gasteiger partial charge >= 0.3 is 0 Å². The minimum Gasteiger partial charge on any atom is -0.343 e. The second-order valence-corrected chi connectivity index (χ2v) is 3.17. The fourth-order valence-corrected chi connectivity index (χ4v) is 1.23. The Morgan fingerprint density at radius 1 is 1.62 bits per heavy atom. The van der Waals surface area contributed by atoms with Gasteiger partial charge in [-0.25, -0.2) is 0 Å². The normalized spacial score (nSPS) is 30.5. The van der Waals surface area contributed by atoms with Crippen molar-refractivity contribution < 1.29 is 9.47 Å². The first-order valence-electron chi connectivity index (χ1n) is 3.91. The Kier molecular flexibility index (Phi) is 2.79. The Labute approximate surface area is 76.6 Å². The van der Waals surface area contributed by atoms with Gasteiger partial charge in [0, 0.05) is 4.91 Å². The molecule has 1 saturated heterocycles. The highest BCUT2D eigenvalue weighted by atomic mass is 16.7. The Morgan fingerprint density at radius 2 is 2.31 bits per heavy atom. The summed E-state index contributed by atoms with van der Waals surface area (Å²) in [5, 5.41) is 3.40. The lowest BCUT2D eigenvalue weighted by Crippen LogP contribution is -2.24. The van der Waals surface area contributed by atoms with E-state index in [1.807, 2.05) is 0 Å². The van der Waals surface area contributed by atoms with Gasteiger partial charge in [-0.15, -0.1) is 6.42 Å². The molecular weight excluding hydrogens is 170 g/mol. The van der Waals surface area contributed by atoms with E-state index in [4.69, 9.17) is 21.4 Å². The maximum atomic E-state index is 8.13. The second-order valence-electron chi connectivity index (χ2n) is 3.17. The molecule has 0 aromatic rings. The molecule has 0 amide bonds. The molecule has 1 rings (SSSR count).